The van der Waals surface area contributed by atoms with Crippen molar-refractivity contribution in [3.8, 4) is 11.5 Å². The lowest BCUT2D eigenvalue weighted by atomic mass is 10.1. The summed E-state index contributed by atoms with van der Waals surface area (Å²) < 4.78 is 10.4. The maximum atomic E-state index is 12.1. The number of rotatable bonds is 6. The van der Waals surface area contributed by atoms with Gasteiger partial charge in [-0.2, -0.15) is 0 Å². The number of aryl methyl sites for hydroxylation is 1. The summed E-state index contributed by atoms with van der Waals surface area (Å²) in [5.41, 5.74) is 2.72. The van der Waals surface area contributed by atoms with Crippen LogP contribution in [-0.4, -0.2) is 26.7 Å². The van der Waals surface area contributed by atoms with Crippen molar-refractivity contribution in [3.63, 3.8) is 0 Å². The third-order valence-corrected chi connectivity index (χ3v) is 3.49. The van der Waals surface area contributed by atoms with Gasteiger partial charge in [-0.1, -0.05) is 12.1 Å². The maximum Gasteiger partial charge on any atom is 0.251 e. The van der Waals surface area contributed by atoms with Gasteiger partial charge in [0.2, 0.25) is 0 Å². The number of hydrogen-bond donors (Lipinski definition) is 1. The van der Waals surface area contributed by atoms with E-state index in [9.17, 15) is 4.79 Å². The summed E-state index contributed by atoms with van der Waals surface area (Å²) in [5.74, 6) is 1.54. The van der Waals surface area contributed by atoms with Crippen LogP contribution in [0.2, 0.25) is 0 Å². The molecular weight excluding hydrogens is 278 g/mol. The number of ether oxygens (including phenoxy) is 2. The first kappa shape index (κ1) is 15.9. The molecule has 2 aromatic carbocycles. The zero-order valence-corrected chi connectivity index (χ0v) is 13.2. The Balaban J connectivity index is 1.91. The van der Waals surface area contributed by atoms with Crippen LogP contribution in [0.15, 0.2) is 42.5 Å². The molecule has 0 radical (unpaired) electrons. The first-order chi connectivity index (χ1) is 10.6. The van der Waals surface area contributed by atoms with Crippen molar-refractivity contribution >= 4 is 5.91 Å². The number of methoxy groups -OCH3 is 2. The van der Waals surface area contributed by atoms with E-state index in [4.69, 9.17) is 9.47 Å². The molecule has 0 bridgehead atoms. The van der Waals surface area contributed by atoms with Crippen LogP contribution in [0.3, 0.4) is 0 Å². The lowest BCUT2D eigenvalue weighted by molar-refractivity contribution is 0.0954. The van der Waals surface area contributed by atoms with Crippen molar-refractivity contribution in [2.75, 3.05) is 20.8 Å². The highest BCUT2D eigenvalue weighted by Gasteiger charge is 2.07. The fourth-order valence-electron chi connectivity index (χ4n) is 2.27. The second kappa shape index (κ2) is 7.50. The molecule has 2 aromatic rings. The largest absolute Gasteiger partial charge is 0.497 e. The van der Waals surface area contributed by atoms with Gasteiger partial charge in [0, 0.05) is 12.1 Å². The fourth-order valence-corrected chi connectivity index (χ4v) is 2.27. The highest BCUT2D eigenvalue weighted by molar-refractivity contribution is 5.94. The van der Waals surface area contributed by atoms with Crippen LogP contribution < -0.4 is 14.8 Å². The first-order valence-electron chi connectivity index (χ1n) is 7.20. The van der Waals surface area contributed by atoms with Gasteiger partial charge in [-0.3, -0.25) is 4.79 Å². The summed E-state index contributed by atoms with van der Waals surface area (Å²) >= 11 is 0. The summed E-state index contributed by atoms with van der Waals surface area (Å²) in [6.07, 6.45) is 0.762. The average molecular weight is 299 g/mol. The molecule has 1 N–H and O–H groups in total. The lowest BCUT2D eigenvalue weighted by Crippen LogP contribution is -2.25. The third-order valence-electron chi connectivity index (χ3n) is 3.49. The molecule has 0 aliphatic heterocycles. The van der Waals surface area contributed by atoms with E-state index in [0.29, 0.717) is 12.1 Å². The van der Waals surface area contributed by atoms with Crippen molar-refractivity contribution in [2.24, 2.45) is 0 Å². The van der Waals surface area contributed by atoms with E-state index in [-0.39, 0.29) is 5.91 Å². The first-order valence-corrected chi connectivity index (χ1v) is 7.20. The Kier molecular flexibility index (Phi) is 5.42. The minimum atomic E-state index is -0.0753. The topological polar surface area (TPSA) is 47.6 Å². The smallest absolute Gasteiger partial charge is 0.251 e. The third kappa shape index (κ3) is 4.01. The predicted molar refractivity (Wildman–Crippen MR) is 86.8 cm³/mol. The molecule has 0 aliphatic carbocycles. The van der Waals surface area contributed by atoms with E-state index in [1.54, 1.807) is 20.3 Å². The molecule has 0 aromatic heterocycles. The summed E-state index contributed by atoms with van der Waals surface area (Å²) in [6, 6.07) is 13.3. The molecule has 0 spiro atoms. The van der Waals surface area contributed by atoms with Crippen LogP contribution in [0.5, 0.6) is 11.5 Å². The van der Waals surface area contributed by atoms with Gasteiger partial charge >= 0.3 is 0 Å². The zero-order valence-electron chi connectivity index (χ0n) is 13.2. The molecule has 22 heavy (non-hydrogen) atoms. The summed E-state index contributed by atoms with van der Waals surface area (Å²) in [4.78, 5) is 12.1. The van der Waals surface area contributed by atoms with Gasteiger partial charge in [-0.15, -0.1) is 0 Å². The van der Waals surface area contributed by atoms with Gasteiger partial charge < -0.3 is 14.8 Å². The molecule has 0 saturated heterocycles. The number of hydrogen-bond acceptors (Lipinski definition) is 3. The summed E-state index contributed by atoms with van der Waals surface area (Å²) in [5, 5.41) is 2.93. The van der Waals surface area contributed by atoms with Crippen LogP contribution in [0.1, 0.15) is 21.5 Å². The molecule has 4 nitrogen and oxygen atoms in total. The Hall–Kier alpha value is -2.49. The Morgan fingerprint density at radius 1 is 1.09 bits per heavy atom. The van der Waals surface area contributed by atoms with Crippen LogP contribution >= 0.6 is 0 Å². The van der Waals surface area contributed by atoms with Crippen molar-refractivity contribution in [3.05, 3.63) is 59.2 Å². The van der Waals surface area contributed by atoms with E-state index in [1.165, 1.54) is 0 Å². The number of carbonyl (C=O) groups is 1. The highest BCUT2D eigenvalue weighted by atomic mass is 16.5. The second-order valence-corrected chi connectivity index (χ2v) is 5.04. The van der Waals surface area contributed by atoms with Crippen molar-refractivity contribution in [1.29, 1.82) is 0 Å². The van der Waals surface area contributed by atoms with Gasteiger partial charge in [0.15, 0.2) is 0 Å². The van der Waals surface area contributed by atoms with Crippen molar-refractivity contribution in [2.45, 2.75) is 13.3 Å². The number of amides is 1. The lowest BCUT2D eigenvalue weighted by Gasteiger charge is -2.09. The molecule has 4 heteroatoms. The molecular formula is C18H21NO3. The molecule has 0 aliphatic rings. The number of nitrogens with one attached hydrogen (secondary N) is 1. The number of carbonyl (C=O) groups excluding carboxylic acids is 1. The summed E-state index contributed by atoms with van der Waals surface area (Å²) in [7, 11) is 3.27. The Morgan fingerprint density at radius 2 is 1.91 bits per heavy atom. The van der Waals surface area contributed by atoms with E-state index in [0.717, 1.165) is 29.0 Å². The van der Waals surface area contributed by atoms with Crippen LogP contribution in [0.25, 0.3) is 0 Å². The van der Waals surface area contributed by atoms with Crippen LogP contribution in [0, 0.1) is 6.92 Å². The standard InChI is InChI=1S/C18H21NO3/c1-13-11-15(7-8-17(13)22-3)18(20)19-10-9-14-5-4-6-16(12-14)21-2/h4-8,11-12H,9-10H2,1-3H3,(H,19,20). The SMILES string of the molecule is COc1cccc(CCNC(=O)c2ccc(OC)c(C)c2)c1. The molecule has 2 rings (SSSR count). The fraction of sp³-hybridized carbons (Fsp3) is 0.278. The monoisotopic (exact) mass is 299 g/mol. The second-order valence-electron chi connectivity index (χ2n) is 5.04. The van der Waals surface area contributed by atoms with Gasteiger partial charge in [0.05, 0.1) is 14.2 Å². The van der Waals surface area contributed by atoms with E-state index in [1.807, 2.05) is 43.3 Å². The van der Waals surface area contributed by atoms with Gasteiger partial charge in [-0.05, 0) is 54.8 Å². The van der Waals surface area contributed by atoms with Crippen LogP contribution in [-0.2, 0) is 6.42 Å². The van der Waals surface area contributed by atoms with Crippen molar-refractivity contribution < 1.29 is 14.3 Å². The molecule has 0 saturated carbocycles. The Morgan fingerprint density at radius 3 is 2.59 bits per heavy atom. The quantitative estimate of drug-likeness (QED) is 0.892. The Bertz CT molecular complexity index is 653. The zero-order chi connectivity index (χ0) is 15.9. The minimum absolute atomic E-state index is 0.0753. The van der Waals surface area contributed by atoms with Gasteiger partial charge in [0.1, 0.15) is 11.5 Å². The van der Waals surface area contributed by atoms with Crippen molar-refractivity contribution in [1.82, 2.24) is 5.32 Å². The van der Waals surface area contributed by atoms with Crippen LogP contribution in [0.4, 0.5) is 0 Å². The van der Waals surface area contributed by atoms with E-state index >= 15 is 0 Å². The van der Waals surface area contributed by atoms with E-state index in [2.05, 4.69) is 5.32 Å². The Labute approximate surface area is 131 Å². The molecule has 0 heterocycles. The highest BCUT2D eigenvalue weighted by Crippen LogP contribution is 2.18. The molecule has 116 valence electrons. The average Bonchev–Trinajstić information content (AvgIpc) is 2.54. The van der Waals surface area contributed by atoms with Gasteiger partial charge in [0.25, 0.3) is 5.91 Å². The normalized spacial score (nSPS) is 10.1. The predicted octanol–water partition coefficient (Wildman–Crippen LogP) is 2.98. The maximum absolute atomic E-state index is 12.1. The molecule has 0 fully saturated rings. The molecule has 0 atom stereocenters. The minimum Gasteiger partial charge on any atom is -0.497 e. The number of benzene rings is 2. The molecule has 0 unspecified atom stereocenters. The summed E-state index contributed by atoms with van der Waals surface area (Å²) in [6.45, 7) is 2.50. The van der Waals surface area contributed by atoms with Gasteiger partial charge in [-0.25, -0.2) is 0 Å². The van der Waals surface area contributed by atoms with E-state index < -0.39 is 0 Å². The molecule has 1 amide bonds.